The van der Waals surface area contributed by atoms with Crippen molar-refractivity contribution >= 4 is 39.1 Å². The highest BCUT2D eigenvalue weighted by Crippen LogP contribution is 2.38. The summed E-state index contributed by atoms with van der Waals surface area (Å²) in [5.41, 5.74) is 0.149. The highest BCUT2D eigenvalue weighted by Gasteiger charge is 2.25. The predicted molar refractivity (Wildman–Crippen MR) is 156 cm³/mol. The van der Waals surface area contributed by atoms with Crippen molar-refractivity contribution in [2.45, 2.75) is 6.42 Å². The number of hydrogen-bond donors (Lipinski definition) is 3. The van der Waals surface area contributed by atoms with E-state index in [0.29, 0.717) is 36.4 Å². The number of ether oxygens (including phenoxy) is 1. The van der Waals surface area contributed by atoms with E-state index in [1.54, 1.807) is 14.1 Å². The minimum Gasteiger partial charge on any atom is -0.508 e. The predicted octanol–water partition coefficient (Wildman–Crippen LogP) is 3.61. The van der Waals surface area contributed by atoms with Crippen molar-refractivity contribution in [1.29, 1.82) is 5.41 Å². The molecule has 0 bridgehead atoms. The lowest BCUT2D eigenvalue weighted by atomic mass is 9.96. The summed E-state index contributed by atoms with van der Waals surface area (Å²) in [5.74, 6) is 0.539. The van der Waals surface area contributed by atoms with Crippen molar-refractivity contribution in [2.24, 2.45) is 0 Å². The van der Waals surface area contributed by atoms with Gasteiger partial charge < -0.3 is 25.0 Å². The minimum absolute atomic E-state index is 0.0838. The normalized spacial score (nSPS) is 14.4. The zero-order valence-electron chi connectivity index (χ0n) is 23.1. The number of carbonyl (C=O) groups excluding carboxylic acids is 1. The lowest BCUT2D eigenvalue weighted by Crippen LogP contribution is -2.31. The largest absolute Gasteiger partial charge is 0.508 e. The van der Waals surface area contributed by atoms with Crippen LogP contribution in [0, 0.1) is 29.4 Å². The fourth-order valence-electron chi connectivity index (χ4n) is 4.91. The number of halogens is 2. The van der Waals surface area contributed by atoms with Crippen LogP contribution in [0.3, 0.4) is 0 Å². The van der Waals surface area contributed by atoms with Gasteiger partial charge in [-0.2, -0.15) is 9.97 Å². The molecule has 2 aromatic carbocycles. The molecule has 0 aliphatic carbocycles. The molecule has 5 rings (SSSR count). The van der Waals surface area contributed by atoms with E-state index in [0.717, 1.165) is 0 Å². The molecule has 0 saturated carbocycles. The molecule has 3 heterocycles. The van der Waals surface area contributed by atoms with Crippen molar-refractivity contribution in [3.63, 3.8) is 0 Å². The number of terminal acetylenes is 1. The highest BCUT2D eigenvalue weighted by atomic mass is 19.1. The van der Waals surface area contributed by atoms with E-state index >= 15 is 4.39 Å². The molecule has 3 N–H and O–H groups in total. The molecule has 214 valence electrons. The molecule has 2 aromatic heterocycles. The first-order valence-electron chi connectivity index (χ1n) is 12.9. The van der Waals surface area contributed by atoms with Gasteiger partial charge in [-0.15, -0.1) is 6.42 Å². The van der Waals surface area contributed by atoms with Crippen molar-refractivity contribution in [2.75, 3.05) is 45.7 Å². The van der Waals surface area contributed by atoms with Gasteiger partial charge in [0.15, 0.2) is 5.82 Å². The molecular formula is C30H27F2N7O3. The minimum atomic E-state index is -0.837. The highest BCUT2D eigenvalue weighted by molar-refractivity contribution is 6.42. The number of aromatic hydroxyl groups is 1. The van der Waals surface area contributed by atoms with Crippen LogP contribution in [-0.2, 0) is 4.79 Å². The molecule has 0 atom stereocenters. The second-order valence-corrected chi connectivity index (χ2v) is 9.86. The third-order valence-corrected chi connectivity index (χ3v) is 6.85. The maximum atomic E-state index is 16.4. The van der Waals surface area contributed by atoms with Gasteiger partial charge in [0, 0.05) is 50.0 Å². The fourth-order valence-corrected chi connectivity index (χ4v) is 4.91. The molecule has 1 aliphatic rings. The molecule has 0 unspecified atom stereocenters. The van der Waals surface area contributed by atoms with Crippen molar-refractivity contribution < 1.29 is 23.4 Å². The number of methoxy groups -OCH3 is 1. The van der Waals surface area contributed by atoms with Gasteiger partial charge >= 0.3 is 6.01 Å². The van der Waals surface area contributed by atoms with Crippen LogP contribution in [0.5, 0.6) is 11.8 Å². The molecule has 1 fully saturated rings. The van der Waals surface area contributed by atoms with Gasteiger partial charge in [-0.05, 0) is 36.1 Å². The van der Waals surface area contributed by atoms with Gasteiger partial charge in [-0.3, -0.25) is 15.2 Å². The first-order chi connectivity index (χ1) is 20.1. The second kappa shape index (κ2) is 11.3. The lowest BCUT2D eigenvalue weighted by molar-refractivity contribution is -0.121. The van der Waals surface area contributed by atoms with Gasteiger partial charge in [0.1, 0.15) is 34.3 Å². The van der Waals surface area contributed by atoms with Crippen LogP contribution >= 0.6 is 0 Å². The quantitative estimate of drug-likeness (QED) is 0.245. The standard InChI is InChI=1S/C30H27F2N7O3/c1-5-19-22(31)8-7-16-11-18(40)13-20(24(16)19)26-25(32)27-21(14-35-26)28(37-30(36-27)42-4)39-10-6-9-34-17(15-39)12-23(33)29(41)38(2)3/h1,7-8,11-14,33-34,40H,6,9-10,15H2,2-4H3/b17-12-,33-23?. The van der Waals surface area contributed by atoms with E-state index in [1.807, 2.05) is 4.90 Å². The fraction of sp³-hybridized carbons (Fsp3) is 0.233. The number of hydrogen-bond acceptors (Lipinski definition) is 9. The summed E-state index contributed by atoms with van der Waals surface area (Å²) in [6, 6.07) is 5.22. The Morgan fingerprint density at radius 2 is 2.07 bits per heavy atom. The molecule has 1 amide bonds. The number of anilines is 1. The number of phenols is 1. The third kappa shape index (κ3) is 5.12. The van der Waals surface area contributed by atoms with Crippen LogP contribution in [-0.4, -0.2) is 77.4 Å². The van der Waals surface area contributed by atoms with Gasteiger partial charge in [0.05, 0.1) is 24.6 Å². The Bertz CT molecular complexity index is 1830. The van der Waals surface area contributed by atoms with E-state index in [2.05, 4.69) is 26.2 Å². The maximum Gasteiger partial charge on any atom is 0.318 e. The summed E-state index contributed by atoms with van der Waals surface area (Å²) < 4.78 is 36.3. The Morgan fingerprint density at radius 1 is 1.29 bits per heavy atom. The summed E-state index contributed by atoms with van der Waals surface area (Å²) in [5, 5.41) is 22.7. The number of fused-ring (bicyclic) bond motifs is 2. The Labute approximate surface area is 240 Å². The zero-order valence-corrected chi connectivity index (χ0v) is 23.1. The van der Waals surface area contributed by atoms with E-state index in [-0.39, 0.29) is 57.1 Å². The van der Waals surface area contributed by atoms with Gasteiger partial charge in [0.2, 0.25) is 0 Å². The van der Waals surface area contributed by atoms with Gasteiger partial charge in [-0.1, -0.05) is 12.0 Å². The number of carbonyl (C=O) groups is 1. The number of pyridine rings is 1. The van der Waals surface area contributed by atoms with Crippen LogP contribution in [0.1, 0.15) is 12.0 Å². The zero-order chi connectivity index (χ0) is 30.1. The van der Waals surface area contributed by atoms with Crippen LogP contribution in [0.2, 0.25) is 0 Å². The summed E-state index contributed by atoms with van der Waals surface area (Å²) in [4.78, 5) is 28.6. The number of rotatable bonds is 5. The van der Waals surface area contributed by atoms with Gasteiger partial charge in [0.25, 0.3) is 5.91 Å². The van der Waals surface area contributed by atoms with Crippen molar-refractivity contribution in [3.8, 4) is 35.4 Å². The number of aromatic nitrogens is 3. The first kappa shape index (κ1) is 28.2. The molecule has 1 aliphatic heterocycles. The van der Waals surface area contributed by atoms with E-state index in [9.17, 15) is 14.3 Å². The van der Waals surface area contributed by atoms with Crippen LogP contribution in [0.25, 0.3) is 32.9 Å². The molecule has 42 heavy (non-hydrogen) atoms. The average Bonchev–Trinajstić information content (AvgIpc) is 3.21. The van der Waals surface area contributed by atoms with Crippen molar-refractivity contribution in [3.05, 3.63) is 59.4 Å². The molecule has 10 nitrogen and oxygen atoms in total. The summed E-state index contributed by atoms with van der Waals surface area (Å²) in [7, 11) is 4.50. The maximum absolute atomic E-state index is 16.4. The number of amides is 1. The topological polar surface area (TPSA) is 128 Å². The number of benzene rings is 2. The lowest BCUT2D eigenvalue weighted by Gasteiger charge is -2.24. The second-order valence-electron chi connectivity index (χ2n) is 9.86. The Kier molecular flexibility index (Phi) is 7.58. The molecule has 12 heteroatoms. The smallest absolute Gasteiger partial charge is 0.318 e. The van der Waals surface area contributed by atoms with E-state index in [4.69, 9.17) is 16.6 Å². The van der Waals surface area contributed by atoms with Crippen LogP contribution in [0.4, 0.5) is 14.6 Å². The number of nitrogens with one attached hydrogen (secondary N) is 2. The summed E-state index contributed by atoms with van der Waals surface area (Å²) >= 11 is 0. The number of phenolic OH excluding ortho intramolecular Hbond substituents is 1. The van der Waals surface area contributed by atoms with Crippen LogP contribution in [0.15, 0.2) is 42.2 Å². The Morgan fingerprint density at radius 3 is 2.79 bits per heavy atom. The molecule has 4 aromatic rings. The van der Waals surface area contributed by atoms with Crippen molar-refractivity contribution in [1.82, 2.24) is 25.2 Å². The third-order valence-electron chi connectivity index (χ3n) is 6.85. The molecule has 0 radical (unpaired) electrons. The average molecular weight is 572 g/mol. The Balaban J connectivity index is 1.67. The molecular weight excluding hydrogens is 544 g/mol. The Hall–Kier alpha value is -5.31. The van der Waals surface area contributed by atoms with E-state index in [1.165, 1.54) is 48.5 Å². The van der Waals surface area contributed by atoms with E-state index < -0.39 is 17.5 Å². The molecule has 0 spiro atoms. The summed E-state index contributed by atoms with van der Waals surface area (Å²) in [6.45, 7) is 1.34. The van der Waals surface area contributed by atoms with Crippen LogP contribution < -0.4 is 15.0 Å². The molecule has 1 saturated heterocycles. The first-order valence-corrected chi connectivity index (χ1v) is 12.9. The van der Waals surface area contributed by atoms with Gasteiger partial charge in [-0.25, -0.2) is 8.78 Å². The summed E-state index contributed by atoms with van der Waals surface area (Å²) in [6.07, 6.45) is 9.16. The number of nitrogens with zero attached hydrogens (tertiary/aromatic N) is 5. The monoisotopic (exact) mass is 571 g/mol. The SMILES string of the molecule is C#Cc1c(F)ccc2cc(O)cc(-c3ncc4c(N5CCCN/C(=C\C(=N)C(=O)N(C)C)C5)nc(OC)nc4c3F)c12.